The summed E-state index contributed by atoms with van der Waals surface area (Å²) >= 11 is 0. The maximum atomic E-state index is 12.6. The second kappa shape index (κ2) is 9.71. The maximum Gasteiger partial charge on any atom is 0.228 e. The van der Waals surface area contributed by atoms with Gasteiger partial charge in [-0.05, 0) is 29.7 Å². The van der Waals surface area contributed by atoms with Crippen LogP contribution in [0, 0.1) is 0 Å². The van der Waals surface area contributed by atoms with E-state index in [2.05, 4.69) is 24.3 Å². The SMILES string of the molecule is CCCC(N)(CC(=O)N1CCOCC1)Oc1ccc(Cc2ccccc2)cc1. The van der Waals surface area contributed by atoms with Crippen LogP contribution in [0.3, 0.4) is 0 Å². The summed E-state index contributed by atoms with van der Waals surface area (Å²) in [4.78, 5) is 14.5. The van der Waals surface area contributed by atoms with Crippen molar-refractivity contribution >= 4 is 5.91 Å². The molecule has 1 aliphatic heterocycles. The predicted molar refractivity (Wildman–Crippen MR) is 110 cm³/mol. The second-order valence-electron chi connectivity index (χ2n) is 7.39. The Morgan fingerprint density at radius 1 is 1.07 bits per heavy atom. The maximum absolute atomic E-state index is 12.6. The van der Waals surface area contributed by atoms with Gasteiger partial charge in [0.15, 0.2) is 5.72 Å². The van der Waals surface area contributed by atoms with Crippen molar-refractivity contribution in [3.8, 4) is 5.75 Å². The molecule has 3 rings (SSSR count). The average Bonchev–Trinajstić information content (AvgIpc) is 2.71. The van der Waals surface area contributed by atoms with Gasteiger partial charge in [-0.3, -0.25) is 10.5 Å². The van der Waals surface area contributed by atoms with Crippen LogP contribution in [0.25, 0.3) is 0 Å². The van der Waals surface area contributed by atoms with E-state index in [4.69, 9.17) is 15.2 Å². The molecule has 2 aromatic rings. The van der Waals surface area contributed by atoms with Crippen LogP contribution in [0.2, 0.25) is 0 Å². The van der Waals surface area contributed by atoms with Crippen molar-refractivity contribution in [2.75, 3.05) is 26.3 Å². The van der Waals surface area contributed by atoms with Crippen LogP contribution in [0.1, 0.15) is 37.3 Å². The molecule has 1 amide bonds. The molecule has 1 heterocycles. The summed E-state index contributed by atoms with van der Waals surface area (Å²) in [6.07, 6.45) is 2.51. The number of hydrogen-bond acceptors (Lipinski definition) is 4. The highest BCUT2D eigenvalue weighted by Crippen LogP contribution is 2.24. The number of ether oxygens (including phenoxy) is 2. The molecule has 0 radical (unpaired) electrons. The number of rotatable bonds is 8. The van der Waals surface area contributed by atoms with Crippen molar-refractivity contribution in [1.82, 2.24) is 4.90 Å². The van der Waals surface area contributed by atoms with Gasteiger partial charge in [0.25, 0.3) is 0 Å². The quantitative estimate of drug-likeness (QED) is 0.711. The topological polar surface area (TPSA) is 64.8 Å². The van der Waals surface area contributed by atoms with Crippen molar-refractivity contribution in [3.63, 3.8) is 0 Å². The number of nitrogens with zero attached hydrogens (tertiary/aromatic N) is 1. The molecule has 1 aliphatic rings. The minimum absolute atomic E-state index is 0.0277. The summed E-state index contributed by atoms with van der Waals surface area (Å²) in [5.41, 5.74) is 7.99. The Hall–Kier alpha value is -2.37. The lowest BCUT2D eigenvalue weighted by atomic mass is 10.0. The van der Waals surface area contributed by atoms with Gasteiger partial charge in [-0.1, -0.05) is 55.8 Å². The fourth-order valence-corrected chi connectivity index (χ4v) is 3.52. The molecule has 0 saturated carbocycles. The van der Waals surface area contributed by atoms with Crippen LogP contribution >= 0.6 is 0 Å². The molecule has 1 unspecified atom stereocenters. The third kappa shape index (κ3) is 5.81. The Morgan fingerprint density at radius 3 is 2.36 bits per heavy atom. The Morgan fingerprint density at radius 2 is 1.71 bits per heavy atom. The summed E-state index contributed by atoms with van der Waals surface area (Å²) in [5.74, 6) is 0.725. The normalized spacial score (nSPS) is 16.4. The van der Waals surface area contributed by atoms with Gasteiger partial charge in [0.05, 0.1) is 19.6 Å². The molecule has 0 aromatic heterocycles. The first-order valence-electron chi connectivity index (χ1n) is 10.0. The van der Waals surface area contributed by atoms with Gasteiger partial charge in [0, 0.05) is 19.5 Å². The summed E-state index contributed by atoms with van der Waals surface area (Å²) < 4.78 is 11.4. The smallest absolute Gasteiger partial charge is 0.228 e. The zero-order valence-corrected chi connectivity index (χ0v) is 16.6. The van der Waals surface area contributed by atoms with Crippen LogP contribution in [0.15, 0.2) is 54.6 Å². The molecule has 5 heteroatoms. The number of nitrogens with two attached hydrogens (primary N) is 1. The van der Waals surface area contributed by atoms with E-state index < -0.39 is 5.72 Å². The standard InChI is InChI=1S/C23H30N2O3/c1-2-12-23(24,18-22(26)25-13-15-27-16-14-25)28-21-10-8-20(9-11-21)17-19-6-4-3-5-7-19/h3-11H,2,12-18,24H2,1H3. The van der Waals surface area contributed by atoms with E-state index >= 15 is 0 Å². The lowest BCUT2D eigenvalue weighted by Gasteiger charge is -2.33. The third-order valence-electron chi connectivity index (χ3n) is 4.98. The Labute approximate surface area is 167 Å². The van der Waals surface area contributed by atoms with Crippen LogP contribution in [0.4, 0.5) is 0 Å². The minimum Gasteiger partial charge on any atom is -0.472 e. The average molecular weight is 383 g/mol. The molecular weight excluding hydrogens is 352 g/mol. The van der Waals surface area contributed by atoms with Gasteiger partial charge >= 0.3 is 0 Å². The molecule has 0 bridgehead atoms. The van der Waals surface area contributed by atoms with Crippen molar-refractivity contribution in [2.45, 2.75) is 38.3 Å². The first-order chi connectivity index (χ1) is 13.6. The Bertz CT molecular complexity index is 742. The lowest BCUT2D eigenvalue weighted by molar-refractivity contribution is -0.139. The molecule has 28 heavy (non-hydrogen) atoms. The van der Waals surface area contributed by atoms with E-state index in [1.807, 2.05) is 42.2 Å². The number of carbonyl (C=O) groups excluding carboxylic acids is 1. The first-order valence-corrected chi connectivity index (χ1v) is 10.0. The fraction of sp³-hybridized carbons (Fsp3) is 0.435. The van der Waals surface area contributed by atoms with Crippen LogP contribution < -0.4 is 10.5 Å². The molecule has 1 saturated heterocycles. The van der Waals surface area contributed by atoms with E-state index in [1.54, 1.807) is 0 Å². The molecule has 2 aromatic carbocycles. The predicted octanol–water partition coefficient (Wildman–Crippen LogP) is 3.36. The van der Waals surface area contributed by atoms with E-state index in [9.17, 15) is 4.79 Å². The summed E-state index contributed by atoms with van der Waals surface area (Å²) in [5, 5.41) is 0. The zero-order chi connectivity index (χ0) is 19.8. The molecule has 5 nitrogen and oxygen atoms in total. The summed E-state index contributed by atoms with van der Waals surface area (Å²) in [6, 6.07) is 18.3. The monoisotopic (exact) mass is 382 g/mol. The summed E-state index contributed by atoms with van der Waals surface area (Å²) in [6.45, 7) is 4.46. The van der Waals surface area contributed by atoms with E-state index in [0.29, 0.717) is 38.5 Å². The van der Waals surface area contributed by atoms with Crippen molar-refractivity contribution in [2.24, 2.45) is 5.73 Å². The lowest BCUT2D eigenvalue weighted by Crippen LogP contribution is -2.51. The van der Waals surface area contributed by atoms with Gasteiger partial charge < -0.3 is 14.4 Å². The third-order valence-corrected chi connectivity index (χ3v) is 4.98. The van der Waals surface area contributed by atoms with Crippen molar-refractivity contribution < 1.29 is 14.3 Å². The van der Waals surface area contributed by atoms with Crippen LogP contribution in [-0.4, -0.2) is 42.8 Å². The fourth-order valence-electron chi connectivity index (χ4n) is 3.52. The van der Waals surface area contributed by atoms with Gasteiger partial charge in [-0.2, -0.15) is 0 Å². The highest BCUT2D eigenvalue weighted by atomic mass is 16.5. The molecule has 2 N–H and O–H groups in total. The van der Waals surface area contributed by atoms with Gasteiger partial charge in [0.2, 0.25) is 5.91 Å². The first kappa shape index (κ1) is 20.4. The number of morpholine rings is 1. The minimum atomic E-state index is -0.995. The molecule has 150 valence electrons. The van der Waals surface area contributed by atoms with Crippen molar-refractivity contribution in [3.05, 3.63) is 65.7 Å². The molecule has 0 spiro atoms. The Balaban J connectivity index is 1.63. The highest BCUT2D eigenvalue weighted by Gasteiger charge is 2.32. The zero-order valence-electron chi connectivity index (χ0n) is 16.6. The number of benzene rings is 2. The molecule has 1 atom stereocenters. The van der Waals surface area contributed by atoms with Gasteiger partial charge in [0.1, 0.15) is 5.75 Å². The highest BCUT2D eigenvalue weighted by molar-refractivity contribution is 5.77. The number of carbonyl (C=O) groups is 1. The molecule has 0 aliphatic carbocycles. The summed E-state index contributed by atoms with van der Waals surface area (Å²) in [7, 11) is 0. The Kier molecular flexibility index (Phi) is 7.06. The molecule has 1 fully saturated rings. The van der Waals surface area contributed by atoms with Crippen molar-refractivity contribution in [1.29, 1.82) is 0 Å². The number of hydrogen-bond donors (Lipinski definition) is 1. The van der Waals surface area contributed by atoms with E-state index in [0.717, 1.165) is 12.8 Å². The number of amides is 1. The second-order valence-corrected chi connectivity index (χ2v) is 7.39. The van der Waals surface area contributed by atoms with E-state index in [1.165, 1.54) is 11.1 Å². The van der Waals surface area contributed by atoms with Crippen LogP contribution in [0.5, 0.6) is 5.75 Å². The van der Waals surface area contributed by atoms with E-state index in [-0.39, 0.29) is 12.3 Å². The van der Waals surface area contributed by atoms with Gasteiger partial charge in [-0.15, -0.1) is 0 Å². The van der Waals surface area contributed by atoms with Gasteiger partial charge in [-0.25, -0.2) is 0 Å². The largest absolute Gasteiger partial charge is 0.472 e. The molecular formula is C23H30N2O3. The van der Waals surface area contributed by atoms with Crippen LogP contribution in [-0.2, 0) is 16.0 Å².